The minimum absolute atomic E-state index is 0.158. The zero-order valence-corrected chi connectivity index (χ0v) is 13.4. The highest BCUT2D eigenvalue weighted by atomic mass is 127. The molecule has 1 aromatic carbocycles. The van der Waals surface area contributed by atoms with Gasteiger partial charge >= 0.3 is 0 Å². The van der Waals surface area contributed by atoms with Crippen LogP contribution in [0.25, 0.3) is 0 Å². The van der Waals surface area contributed by atoms with Crippen LogP contribution in [0.2, 0.25) is 5.02 Å². The lowest BCUT2D eigenvalue weighted by Gasteiger charge is -2.28. The van der Waals surface area contributed by atoms with Crippen LogP contribution in [-0.2, 0) is 0 Å². The summed E-state index contributed by atoms with van der Waals surface area (Å²) in [5.74, 6) is 0.158. The van der Waals surface area contributed by atoms with E-state index in [9.17, 15) is 4.79 Å². The molecule has 2 bridgehead atoms. The molecule has 19 heavy (non-hydrogen) atoms. The topological polar surface area (TPSA) is 32.3 Å². The quantitative estimate of drug-likeness (QED) is 0.748. The molecular formula is C14H16ClIN2O. The van der Waals surface area contributed by atoms with Crippen molar-refractivity contribution >= 4 is 40.1 Å². The standard InChI is InChI=1S/C14H16ClIN2O/c15-12-4-1-9(7-13(12)16)14(19)18-10-2-3-11(18)8-17-6-5-10/h1,4,7,10-11,17H,2-3,5-6,8H2. The largest absolute Gasteiger partial charge is 0.331 e. The van der Waals surface area contributed by atoms with E-state index in [0.717, 1.165) is 41.5 Å². The van der Waals surface area contributed by atoms with Crippen LogP contribution in [0.1, 0.15) is 29.6 Å². The molecule has 0 aromatic heterocycles. The molecule has 2 aliphatic rings. The monoisotopic (exact) mass is 390 g/mol. The Hall–Kier alpha value is -0.330. The zero-order chi connectivity index (χ0) is 13.4. The predicted octanol–water partition coefficient (Wildman–Crippen LogP) is 2.91. The molecule has 0 spiro atoms. The van der Waals surface area contributed by atoms with Gasteiger partial charge in [0.25, 0.3) is 5.91 Å². The van der Waals surface area contributed by atoms with E-state index in [1.165, 1.54) is 0 Å². The summed E-state index contributed by atoms with van der Waals surface area (Å²) in [5, 5.41) is 4.13. The number of nitrogens with one attached hydrogen (secondary N) is 1. The van der Waals surface area contributed by atoms with Crippen LogP contribution in [0.15, 0.2) is 18.2 Å². The maximum absolute atomic E-state index is 12.7. The molecule has 0 saturated carbocycles. The fraction of sp³-hybridized carbons (Fsp3) is 0.500. The number of amides is 1. The van der Waals surface area contributed by atoms with E-state index in [2.05, 4.69) is 32.8 Å². The Morgan fingerprint density at radius 1 is 1.32 bits per heavy atom. The fourth-order valence-electron chi connectivity index (χ4n) is 3.09. The highest BCUT2D eigenvalue weighted by Gasteiger charge is 2.38. The van der Waals surface area contributed by atoms with Crippen LogP contribution in [0.3, 0.4) is 0 Å². The first-order valence-electron chi connectivity index (χ1n) is 6.65. The van der Waals surface area contributed by atoms with Crippen LogP contribution in [0.5, 0.6) is 0 Å². The van der Waals surface area contributed by atoms with Crippen molar-refractivity contribution in [1.82, 2.24) is 10.2 Å². The molecule has 2 aliphatic heterocycles. The first kappa shape index (κ1) is 13.6. The van der Waals surface area contributed by atoms with Crippen LogP contribution in [0, 0.1) is 3.57 Å². The third-order valence-electron chi connectivity index (χ3n) is 4.06. The number of hydrogen-bond donors (Lipinski definition) is 1. The normalized spacial score (nSPS) is 26.3. The maximum Gasteiger partial charge on any atom is 0.254 e. The van der Waals surface area contributed by atoms with Crippen molar-refractivity contribution in [3.8, 4) is 0 Å². The first-order valence-corrected chi connectivity index (χ1v) is 8.11. The number of hydrogen-bond acceptors (Lipinski definition) is 2. The van der Waals surface area contributed by atoms with Crippen molar-refractivity contribution in [1.29, 1.82) is 0 Å². The Morgan fingerprint density at radius 3 is 2.89 bits per heavy atom. The SMILES string of the molecule is O=C(c1ccc(Cl)c(I)c1)N1C2CCNCC1CC2. The molecule has 1 N–H and O–H groups in total. The van der Waals surface area contributed by atoms with Gasteiger partial charge in [-0.3, -0.25) is 4.79 Å². The van der Waals surface area contributed by atoms with E-state index >= 15 is 0 Å². The van der Waals surface area contributed by atoms with Crippen molar-refractivity contribution < 1.29 is 4.79 Å². The van der Waals surface area contributed by atoms with Gasteiger partial charge in [-0.15, -0.1) is 0 Å². The highest BCUT2D eigenvalue weighted by Crippen LogP contribution is 2.30. The van der Waals surface area contributed by atoms with Crippen LogP contribution in [0.4, 0.5) is 0 Å². The molecule has 2 unspecified atom stereocenters. The smallest absolute Gasteiger partial charge is 0.254 e. The third-order valence-corrected chi connectivity index (χ3v) is 5.60. The molecule has 5 heteroatoms. The van der Waals surface area contributed by atoms with Gasteiger partial charge in [-0.1, -0.05) is 11.6 Å². The average molecular weight is 391 g/mol. The molecular weight excluding hydrogens is 375 g/mol. The van der Waals surface area contributed by atoms with Crippen molar-refractivity contribution in [2.75, 3.05) is 13.1 Å². The van der Waals surface area contributed by atoms with Gasteiger partial charge in [-0.2, -0.15) is 0 Å². The number of fused-ring (bicyclic) bond motifs is 2. The lowest BCUT2D eigenvalue weighted by atomic mass is 10.1. The van der Waals surface area contributed by atoms with Crippen molar-refractivity contribution in [3.63, 3.8) is 0 Å². The lowest BCUT2D eigenvalue weighted by Crippen LogP contribution is -2.42. The van der Waals surface area contributed by atoms with E-state index in [0.29, 0.717) is 17.1 Å². The summed E-state index contributed by atoms with van der Waals surface area (Å²) in [7, 11) is 0. The van der Waals surface area contributed by atoms with E-state index < -0.39 is 0 Å². The van der Waals surface area contributed by atoms with Gasteiger partial charge in [0.15, 0.2) is 0 Å². The predicted molar refractivity (Wildman–Crippen MR) is 84.6 cm³/mol. The molecule has 2 heterocycles. The molecule has 2 fully saturated rings. The van der Waals surface area contributed by atoms with Gasteiger partial charge in [-0.05, 0) is 66.6 Å². The summed E-state index contributed by atoms with van der Waals surface area (Å²) in [6, 6.07) is 6.30. The summed E-state index contributed by atoms with van der Waals surface area (Å²) in [5.41, 5.74) is 0.757. The minimum atomic E-state index is 0.158. The second-order valence-corrected chi connectivity index (χ2v) is 6.79. The molecule has 0 aliphatic carbocycles. The molecule has 0 radical (unpaired) electrons. The van der Waals surface area contributed by atoms with Gasteiger partial charge in [0.1, 0.15) is 0 Å². The van der Waals surface area contributed by atoms with Gasteiger partial charge in [0.05, 0.1) is 5.02 Å². The molecule has 1 aromatic rings. The van der Waals surface area contributed by atoms with Gasteiger partial charge < -0.3 is 10.2 Å². The van der Waals surface area contributed by atoms with Gasteiger partial charge in [0.2, 0.25) is 0 Å². The number of halogens is 2. The van der Waals surface area contributed by atoms with Gasteiger partial charge in [0, 0.05) is 27.8 Å². The Morgan fingerprint density at radius 2 is 2.11 bits per heavy atom. The second-order valence-electron chi connectivity index (χ2n) is 5.22. The third kappa shape index (κ3) is 2.62. The molecule has 2 atom stereocenters. The Balaban J connectivity index is 1.88. The van der Waals surface area contributed by atoms with E-state index in [1.807, 2.05) is 18.2 Å². The zero-order valence-electron chi connectivity index (χ0n) is 10.5. The number of carbonyl (C=O) groups excluding carboxylic acids is 1. The maximum atomic E-state index is 12.7. The molecule has 102 valence electrons. The van der Waals surface area contributed by atoms with Gasteiger partial charge in [-0.25, -0.2) is 0 Å². The van der Waals surface area contributed by atoms with Crippen LogP contribution >= 0.6 is 34.2 Å². The van der Waals surface area contributed by atoms with E-state index in [4.69, 9.17) is 11.6 Å². The van der Waals surface area contributed by atoms with E-state index in [-0.39, 0.29) is 5.91 Å². The minimum Gasteiger partial charge on any atom is -0.331 e. The van der Waals surface area contributed by atoms with Crippen molar-refractivity contribution in [2.24, 2.45) is 0 Å². The summed E-state index contributed by atoms with van der Waals surface area (Å²) in [4.78, 5) is 14.8. The fourth-order valence-corrected chi connectivity index (χ4v) is 3.72. The average Bonchev–Trinajstić information content (AvgIpc) is 2.65. The van der Waals surface area contributed by atoms with Crippen molar-refractivity contribution in [3.05, 3.63) is 32.4 Å². The Kier molecular flexibility index (Phi) is 4.01. The molecule has 3 nitrogen and oxygen atoms in total. The lowest BCUT2D eigenvalue weighted by molar-refractivity contribution is 0.0680. The molecule has 1 amide bonds. The first-order chi connectivity index (χ1) is 9.16. The van der Waals surface area contributed by atoms with E-state index in [1.54, 1.807) is 0 Å². The van der Waals surface area contributed by atoms with Crippen molar-refractivity contribution in [2.45, 2.75) is 31.3 Å². The number of carbonyl (C=O) groups is 1. The molecule has 2 saturated heterocycles. The summed E-state index contributed by atoms with van der Waals surface area (Å²) < 4.78 is 0.936. The Labute approximate surface area is 131 Å². The van der Waals surface area contributed by atoms with Crippen LogP contribution < -0.4 is 5.32 Å². The highest BCUT2D eigenvalue weighted by molar-refractivity contribution is 14.1. The summed E-state index contributed by atoms with van der Waals surface area (Å²) >= 11 is 8.20. The Bertz CT molecular complexity index is 494. The van der Waals surface area contributed by atoms with Crippen LogP contribution in [-0.4, -0.2) is 36.0 Å². The number of nitrogens with zero attached hydrogens (tertiary/aromatic N) is 1. The number of benzene rings is 1. The summed E-state index contributed by atoms with van der Waals surface area (Å²) in [6.45, 7) is 1.94. The second kappa shape index (κ2) is 5.58. The number of rotatable bonds is 1. The molecule has 3 rings (SSSR count). The summed E-state index contributed by atoms with van der Waals surface area (Å²) in [6.07, 6.45) is 3.32.